The van der Waals surface area contributed by atoms with Crippen molar-refractivity contribution in [3.05, 3.63) is 63.6 Å². The first kappa shape index (κ1) is 19.5. The number of hydrogen-bond donors (Lipinski definition) is 2. The van der Waals surface area contributed by atoms with Crippen LogP contribution in [-0.2, 0) is 13.1 Å². The summed E-state index contributed by atoms with van der Waals surface area (Å²) in [5, 5.41) is 2.96. The molecule has 2 aromatic carbocycles. The lowest BCUT2D eigenvalue weighted by molar-refractivity contribution is -0.910. The minimum absolute atomic E-state index is 0.0972. The lowest BCUT2D eigenvalue weighted by Crippen LogP contribution is -3.10. The Kier molecular flexibility index (Phi) is 7.47. The van der Waals surface area contributed by atoms with Crippen LogP contribution in [0.3, 0.4) is 0 Å². The molecule has 0 aliphatic heterocycles. The van der Waals surface area contributed by atoms with Gasteiger partial charge in [-0.2, -0.15) is 0 Å². The SMILES string of the molecule is CC[NH+](CC)Cc1ccc(CNC(=O)c2ccc(OC)c(Br)c2)cc1. The number of rotatable bonds is 8. The minimum Gasteiger partial charge on any atom is -0.496 e. The van der Waals surface area contributed by atoms with Gasteiger partial charge in [0.05, 0.1) is 24.7 Å². The monoisotopic (exact) mass is 405 g/mol. The summed E-state index contributed by atoms with van der Waals surface area (Å²) in [6.45, 7) is 8.23. The van der Waals surface area contributed by atoms with Gasteiger partial charge in [-0.05, 0) is 53.5 Å². The van der Waals surface area contributed by atoms with Crippen molar-refractivity contribution in [1.82, 2.24) is 5.32 Å². The molecule has 0 aromatic heterocycles. The van der Waals surface area contributed by atoms with Crippen molar-refractivity contribution in [3.63, 3.8) is 0 Å². The van der Waals surface area contributed by atoms with Crippen LogP contribution in [0.15, 0.2) is 46.9 Å². The van der Waals surface area contributed by atoms with Crippen LogP contribution in [0.5, 0.6) is 5.75 Å². The summed E-state index contributed by atoms with van der Waals surface area (Å²) in [5.41, 5.74) is 3.03. The Morgan fingerprint density at radius 1 is 1.08 bits per heavy atom. The Labute approximate surface area is 158 Å². The molecule has 0 fully saturated rings. The number of nitrogens with one attached hydrogen (secondary N) is 2. The fourth-order valence-electron chi connectivity index (χ4n) is 2.66. The van der Waals surface area contributed by atoms with Crippen molar-refractivity contribution in [1.29, 1.82) is 0 Å². The Bertz CT molecular complexity index is 697. The molecule has 2 rings (SSSR count). The smallest absolute Gasteiger partial charge is 0.251 e. The van der Waals surface area contributed by atoms with Gasteiger partial charge >= 0.3 is 0 Å². The maximum Gasteiger partial charge on any atom is 0.251 e. The molecule has 0 atom stereocenters. The maximum absolute atomic E-state index is 12.3. The second-order valence-corrected chi connectivity index (χ2v) is 6.84. The third kappa shape index (κ3) is 5.58. The molecule has 25 heavy (non-hydrogen) atoms. The molecule has 0 radical (unpaired) electrons. The van der Waals surface area contributed by atoms with Gasteiger partial charge in [-0.25, -0.2) is 0 Å². The second-order valence-electron chi connectivity index (χ2n) is 5.98. The molecule has 5 heteroatoms. The first-order valence-electron chi connectivity index (χ1n) is 8.60. The highest BCUT2D eigenvalue weighted by molar-refractivity contribution is 9.10. The van der Waals surface area contributed by atoms with E-state index in [0.717, 1.165) is 29.7 Å². The van der Waals surface area contributed by atoms with Gasteiger partial charge in [0.1, 0.15) is 12.3 Å². The van der Waals surface area contributed by atoms with E-state index in [9.17, 15) is 4.79 Å². The van der Waals surface area contributed by atoms with E-state index in [1.807, 2.05) is 0 Å². The molecule has 134 valence electrons. The van der Waals surface area contributed by atoms with E-state index in [-0.39, 0.29) is 5.91 Å². The first-order chi connectivity index (χ1) is 12.1. The van der Waals surface area contributed by atoms with Crippen molar-refractivity contribution in [2.75, 3.05) is 20.2 Å². The van der Waals surface area contributed by atoms with E-state index in [1.165, 1.54) is 5.56 Å². The number of methoxy groups -OCH3 is 1. The van der Waals surface area contributed by atoms with Crippen molar-refractivity contribution in [2.45, 2.75) is 26.9 Å². The average Bonchev–Trinajstić information content (AvgIpc) is 2.65. The van der Waals surface area contributed by atoms with Crippen LogP contribution in [0.2, 0.25) is 0 Å². The van der Waals surface area contributed by atoms with E-state index < -0.39 is 0 Å². The van der Waals surface area contributed by atoms with Gasteiger partial charge in [0.2, 0.25) is 0 Å². The zero-order chi connectivity index (χ0) is 18.2. The zero-order valence-corrected chi connectivity index (χ0v) is 16.7. The molecule has 0 unspecified atom stereocenters. The fraction of sp³-hybridized carbons (Fsp3) is 0.350. The summed E-state index contributed by atoms with van der Waals surface area (Å²) < 4.78 is 5.95. The van der Waals surface area contributed by atoms with Crippen molar-refractivity contribution < 1.29 is 14.4 Å². The summed E-state index contributed by atoms with van der Waals surface area (Å²) in [6, 6.07) is 13.8. The summed E-state index contributed by atoms with van der Waals surface area (Å²) in [5.74, 6) is 0.613. The molecule has 0 bridgehead atoms. The normalized spacial score (nSPS) is 10.8. The number of hydrogen-bond acceptors (Lipinski definition) is 2. The number of benzene rings is 2. The summed E-state index contributed by atoms with van der Waals surface area (Å²) in [4.78, 5) is 13.8. The summed E-state index contributed by atoms with van der Waals surface area (Å²) >= 11 is 3.40. The Hall–Kier alpha value is -1.85. The van der Waals surface area contributed by atoms with E-state index in [0.29, 0.717) is 17.9 Å². The number of quaternary nitrogens is 1. The zero-order valence-electron chi connectivity index (χ0n) is 15.1. The molecule has 0 saturated heterocycles. The molecular formula is C20H26BrN2O2+. The lowest BCUT2D eigenvalue weighted by atomic mass is 10.1. The molecule has 2 aromatic rings. The third-order valence-electron chi connectivity index (χ3n) is 4.34. The number of carbonyl (C=O) groups is 1. The Balaban J connectivity index is 1.92. The van der Waals surface area contributed by atoms with Crippen molar-refractivity contribution in [3.8, 4) is 5.75 Å². The molecule has 4 nitrogen and oxygen atoms in total. The number of carbonyl (C=O) groups excluding carboxylic acids is 1. The maximum atomic E-state index is 12.3. The standard InChI is InChI=1S/C20H25BrN2O2/c1-4-23(5-2)14-16-8-6-15(7-9-16)13-22-20(24)17-10-11-19(25-3)18(21)12-17/h6-12H,4-5,13-14H2,1-3H3,(H,22,24)/p+1. The molecule has 0 aliphatic carbocycles. The van der Waals surface area contributed by atoms with Crippen LogP contribution in [0.1, 0.15) is 35.3 Å². The second kappa shape index (κ2) is 9.59. The number of amides is 1. The molecule has 0 heterocycles. The van der Waals surface area contributed by atoms with E-state index in [4.69, 9.17) is 4.74 Å². The van der Waals surface area contributed by atoms with Gasteiger partial charge in [-0.3, -0.25) is 4.79 Å². The van der Waals surface area contributed by atoms with Crippen LogP contribution >= 0.6 is 15.9 Å². The van der Waals surface area contributed by atoms with Gasteiger partial charge in [-0.1, -0.05) is 24.3 Å². The molecule has 0 spiro atoms. The number of halogens is 1. The minimum atomic E-state index is -0.0972. The Morgan fingerprint density at radius 3 is 2.28 bits per heavy atom. The fourth-order valence-corrected chi connectivity index (χ4v) is 3.20. The van der Waals surface area contributed by atoms with E-state index in [1.54, 1.807) is 30.2 Å². The molecule has 1 amide bonds. The highest BCUT2D eigenvalue weighted by Gasteiger charge is 2.09. The largest absolute Gasteiger partial charge is 0.496 e. The van der Waals surface area contributed by atoms with Gasteiger partial charge < -0.3 is 15.0 Å². The molecular weight excluding hydrogens is 380 g/mol. The predicted octanol–water partition coefficient (Wildman–Crippen LogP) is 2.81. The quantitative estimate of drug-likeness (QED) is 0.708. The molecule has 0 saturated carbocycles. The number of ether oxygens (including phenoxy) is 1. The topological polar surface area (TPSA) is 42.8 Å². The highest BCUT2D eigenvalue weighted by atomic mass is 79.9. The third-order valence-corrected chi connectivity index (χ3v) is 4.96. The van der Waals surface area contributed by atoms with E-state index >= 15 is 0 Å². The van der Waals surface area contributed by atoms with Crippen LogP contribution in [-0.4, -0.2) is 26.1 Å². The van der Waals surface area contributed by atoms with Crippen molar-refractivity contribution in [2.24, 2.45) is 0 Å². The van der Waals surface area contributed by atoms with Crippen molar-refractivity contribution >= 4 is 21.8 Å². The van der Waals surface area contributed by atoms with Gasteiger partial charge in [-0.15, -0.1) is 0 Å². The average molecular weight is 406 g/mol. The van der Waals surface area contributed by atoms with Crippen LogP contribution in [0.25, 0.3) is 0 Å². The van der Waals surface area contributed by atoms with E-state index in [2.05, 4.69) is 59.4 Å². The molecule has 2 N–H and O–H groups in total. The predicted molar refractivity (Wildman–Crippen MR) is 104 cm³/mol. The van der Waals surface area contributed by atoms with Crippen LogP contribution < -0.4 is 15.0 Å². The lowest BCUT2D eigenvalue weighted by Gasteiger charge is -2.15. The Morgan fingerprint density at radius 2 is 1.72 bits per heavy atom. The van der Waals surface area contributed by atoms with Crippen LogP contribution in [0.4, 0.5) is 0 Å². The first-order valence-corrected chi connectivity index (χ1v) is 9.39. The van der Waals surface area contributed by atoms with Gasteiger partial charge in [0.25, 0.3) is 5.91 Å². The highest BCUT2D eigenvalue weighted by Crippen LogP contribution is 2.25. The summed E-state index contributed by atoms with van der Waals surface area (Å²) in [6.07, 6.45) is 0. The molecule has 0 aliphatic rings. The van der Waals surface area contributed by atoms with Gasteiger partial charge in [0.15, 0.2) is 0 Å². The van der Waals surface area contributed by atoms with Gasteiger partial charge in [0, 0.05) is 17.7 Å². The summed E-state index contributed by atoms with van der Waals surface area (Å²) in [7, 11) is 1.60. The van der Waals surface area contributed by atoms with Crippen LogP contribution in [0, 0.1) is 0 Å².